The van der Waals surface area contributed by atoms with Gasteiger partial charge in [0.2, 0.25) is 10.0 Å². The lowest BCUT2D eigenvalue weighted by Gasteiger charge is -2.15. The predicted molar refractivity (Wildman–Crippen MR) is 110 cm³/mol. The Labute approximate surface area is 184 Å². The van der Waals surface area contributed by atoms with Crippen molar-refractivity contribution in [3.05, 3.63) is 54.1 Å². The van der Waals surface area contributed by atoms with Gasteiger partial charge in [-0.25, -0.2) is 8.42 Å². The highest BCUT2D eigenvalue weighted by molar-refractivity contribution is 7.89. The molecule has 1 fully saturated rings. The number of carbonyl (C=O) groups is 1. The van der Waals surface area contributed by atoms with Crippen molar-refractivity contribution in [3.8, 4) is 11.5 Å². The topological polar surface area (TPSA) is 84.9 Å². The van der Waals surface area contributed by atoms with Gasteiger partial charge in [-0.3, -0.25) is 4.79 Å². The van der Waals surface area contributed by atoms with Crippen molar-refractivity contribution < 1.29 is 35.9 Å². The normalized spacial score (nSPS) is 14.8. The van der Waals surface area contributed by atoms with Crippen LogP contribution in [-0.4, -0.2) is 51.5 Å². The number of sulfonamides is 1. The largest absolute Gasteiger partial charge is 0.492 e. The molecule has 0 aliphatic carbocycles. The average Bonchev–Trinajstić information content (AvgIpc) is 3.31. The molecule has 0 aromatic heterocycles. The van der Waals surface area contributed by atoms with E-state index in [0.29, 0.717) is 18.8 Å². The van der Waals surface area contributed by atoms with Crippen LogP contribution >= 0.6 is 0 Å². The fourth-order valence-electron chi connectivity index (χ4n) is 3.11. The van der Waals surface area contributed by atoms with Gasteiger partial charge < -0.3 is 14.8 Å². The van der Waals surface area contributed by atoms with E-state index in [1.807, 2.05) is 0 Å². The second-order valence-electron chi connectivity index (χ2n) is 7.10. The smallest absolute Gasteiger partial charge is 0.416 e. The predicted octanol–water partition coefficient (Wildman–Crippen LogP) is 3.06. The van der Waals surface area contributed by atoms with E-state index in [2.05, 4.69) is 5.32 Å². The van der Waals surface area contributed by atoms with Crippen LogP contribution in [0.5, 0.6) is 11.5 Å². The molecule has 11 heteroatoms. The maximum Gasteiger partial charge on any atom is 0.416 e. The Hall–Kier alpha value is -2.79. The Balaban J connectivity index is 1.39. The molecule has 1 saturated heterocycles. The van der Waals surface area contributed by atoms with Crippen molar-refractivity contribution in [3.63, 3.8) is 0 Å². The van der Waals surface area contributed by atoms with E-state index in [4.69, 9.17) is 9.47 Å². The van der Waals surface area contributed by atoms with Crippen LogP contribution < -0.4 is 14.8 Å². The molecule has 2 aromatic carbocycles. The van der Waals surface area contributed by atoms with Crippen molar-refractivity contribution in [2.75, 3.05) is 32.8 Å². The fraction of sp³-hybridized carbons (Fsp3) is 0.381. The van der Waals surface area contributed by atoms with Gasteiger partial charge in [-0.15, -0.1) is 0 Å². The Morgan fingerprint density at radius 1 is 1.00 bits per heavy atom. The van der Waals surface area contributed by atoms with Crippen LogP contribution in [0.3, 0.4) is 0 Å². The number of ether oxygens (including phenoxy) is 2. The number of nitrogens with zero attached hydrogens (tertiary/aromatic N) is 1. The zero-order valence-electron chi connectivity index (χ0n) is 17.1. The minimum atomic E-state index is -4.49. The maximum absolute atomic E-state index is 12.7. The summed E-state index contributed by atoms with van der Waals surface area (Å²) in [4.78, 5) is 12.0. The van der Waals surface area contributed by atoms with Gasteiger partial charge in [-0.1, -0.05) is 6.07 Å². The van der Waals surface area contributed by atoms with Crippen molar-refractivity contribution in [2.24, 2.45) is 0 Å². The van der Waals surface area contributed by atoms with Crippen LogP contribution in [0.1, 0.15) is 18.4 Å². The van der Waals surface area contributed by atoms with Gasteiger partial charge in [-0.2, -0.15) is 17.5 Å². The number of hydrogen-bond acceptors (Lipinski definition) is 5. The molecule has 0 unspecified atom stereocenters. The molecule has 0 atom stereocenters. The quantitative estimate of drug-likeness (QED) is 0.567. The fourth-order valence-corrected chi connectivity index (χ4v) is 4.62. The molecule has 1 N–H and O–H groups in total. The molecule has 0 radical (unpaired) electrons. The van der Waals surface area contributed by atoms with E-state index in [-0.39, 0.29) is 23.8 Å². The molecule has 7 nitrogen and oxygen atoms in total. The minimum absolute atomic E-state index is 0.0600. The molecular formula is C21H23F3N2O5S. The molecule has 1 aliphatic rings. The summed E-state index contributed by atoms with van der Waals surface area (Å²) in [5.41, 5.74) is -0.858. The van der Waals surface area contributed by atoms with E-state index in [9.17, 15) is 26.4 Å². The lowest BCUT2D eigenvalue weighted by atomic mass is 10.2. The number of alkyl halides is 3. The second-order valence-corrected chi connectivity index (χ2v) is 9.03. The molecule has 3 rings (SSSR count). The first-order valence-electron chi connectivity index (χ1n) is 9.96. The van der Waals surface area contributed by atoms with Crippen molar-refractivity contribution >= 4 is 15.9 Å². The Bertz CT molecular complexity index is 1020. The highest BCUT2D eigenvalue weighted by Gasteiger charge is 2.30. The van der Waals surface area contributed by atoms with E-state index < -0.39 is 34.3 Å². The lowest BCUT2D eigenvalue weighted by molar-refractivity contribution is -0.137. The van der Waals surface area contributed by atoms with E-state index in [1.54, 1.807) is 12.1 Å². The third-order valence-electron chi connectivity index (χ3n) is 4.75. The molecule has 1 aliphatic heterocycles. The number of carbonyl (C=O) groups excluding carboxylic acids is 1. The molecule has 1 amide bonds. The van der Waals surface area contributed by atoms with Gasteiger partial charge in [0.25, 0.3) is 5.91 Å². The highest BCUT2D eigenvalue weighted by Crippen LogP contribution is 2.31. The van der Waals surface area contributed by atoms with Gasteiger partial charge in [0.05, 0.1) is 17.0 Å². The zero-order chi connectivity index (χ0) is 23.2. The zero-order valence-corrected chi connectivity index (χ0v) is 17.9. The summed E-state index contributed by atoms with van der Waals surface area (Å²) in [7, 11) is -3.49. The summed E-state index contributed by atoms with van der Waals surface area (Å²) in [6, 6.07) is 10.3. The van der Waals surface area contributed by atoms with Crippen molar-refractivity contribution in [2.45, 2.75) is 23.9 Å². The minimum Gasteiger partial charge on any atom is -0.492 e. The molecule has 0 bridgehead atoms. The number of halogens is 3. The maximum atomic E-state index is 12.7. The van der Waals surface area contributed by atoms with Crippen LogP contribution in [0, 0.1) is 0 Å². The van der Waals surface area contributed by atoms with Gasteiger partial charge >= 0.3 is 6.18 Å². The van der Waals surface area contributed by atoms with Crippen LogP contribution in [0.25, 0.3) is 0 Å². The third kappa shape index (κ3) is 6.36. The molecule has 0 spiro atoms. The van der Waals surface area contributed by atoms with E-state index in [1.165, 1.54) is 28.6 Å². The molecule has 0 saturated carbocycles. The monoisotopic (exact) mass is 472 g/mol. The first-order chi connectivity index (χ1) is 15.2. The Kier molecular flexibility index (Phi) is 7.62. The summed E-state index contributed by atoms with van der Waals surface area (Å²) in [5.74, 6) is -0.131. The van der Waals surface area contributed by atoms with E-state index in [0.717, 1.165) is 25.0 Å². The summed E-state index contributed by atoms with van der Waals surface area (Å²) in [6.45, 7) is 0.867. The SMILES string of the molecule is O=C(COc1cccc(C(F)(F)F)c1)NCCOc1ccc(S(=O)(=O)N2CCCC2)cc1. The molecule has 1 heterocycles. The van der Waals surface area contributed by atoms with Gasteiger partial charge in [0.15, 0.2) is 6.61 Å². The van der Waals surface area contributed by atoms with Gasteiger partial charge in [0, 0.05) is 13.1 Å². The Morgan fingerprint density at radius 3 is 2.34 bits per heavy atom. The van der Waals surface area contributed by atoms with Crippen LogP contribution in [0.2, 0.25) is 0 Å². The molecule has 32 heavy (non-hydrogen) atoms. The van der Waals surface area contributed by atoms with Gasteiger partial charge in [0.1, 0.15) is 18.1 Å². The first kappa shape index (κ1) is 23.9. The standard InChI is InChI=1S/C21H23F3N2O5S/c22-21(23,24)16-4-3-5-18(14-16)31-15-20(27)25-10-13-30-17-6-8-19(9-7-17)32(28,29)26-11-1-2-12-26/h3-9,14H,1-2,10-13,15H2,(H,25,27). The molecule has 2 aromatic rings. The van der Waals surface area contributed by atoms with Crippen LogP contribution in [0.4, 0.5) is 13.2 Å². The summed E-state index contributed by atoms with van der Waals surface area (Å²) in [6.07, 6.45) is -2.77. The number of rotatable bonds is 9. The first-order valence-corrected chi connectivity index (χ1v) is 11.4. The highest BCUT2D eigenvalue weighted by atomic mass is 32.2. The lowest BCUT2D eigenvalue weighted by Crippen LogP contribution is -2.32. The Morgan fingerprint density at radius 2 is 1.69 bits per heavy atom. The number of amides is 1. The third-order valence-corrected chi connectivity index (χ3v) is 6.66. The van der Waals surface area contributed by atoms with Crippen LogP contribution in [-0.2, 0) is 21.0 Å². The summed E-state index contributed by atoms with van der Waals surface area (Å²) >= 11 is 0. The average molecular weight is 472 g/mol. The summed E-state index contributed by atoms with van der Waals surface area (Å²) < 4.78 is 75.0. The van der Waals surface area contributed by atoms with Crippen molar-refractivity contribution in [1.82, 2.24) is 9.62 Å². The number of nitrogens with one attached hydrogen (secondary N) is 1. The second kappa shape index (κ2) is 10.2. The number of benzene rings is 2. The number of hydrogen-bond donors (Lipinski definition) is 1. The molecular weight excluding hydrogens is 449 g/mol. The summed E-state index contributed by atoms with van der Waals surface area (Å²) in [5, 5.41) is 2.53. The molecule has 174 valence electrons. The van der Waals surface area contributed by atoms with Crippen molar-refractivity contribution in [1.29, 1.82) is 0 Å². The van der Waals surface area contributed by atoms with E-state index >= 15 is 0 Å². The van der Waals surface area contributed by atoms with Gasteiger partial charge in [-0.05, 0) is 55.3 Å². The van der Waals surface area contributed by atoms with Crippen LogP contribution in [0.15, 0.2) is 53.4 Å².